The van der Waals surface area contributed by atoms with Gasteiger partial charge in [0.05, 0.1) is 7.11 Å². The van der Waals surface area contributed by atoms with E-state index in [9.17, 15) is 9.59 Å². The maximum atomic E-state index is 13.1. The van der Waals surface area contributed by atoms with Crippen molar-refractivity contribution in [2.45, 2.75) is 45.1 Å². The van der Waals surface area contributed by atoms with E-state index in [-0.39, 0.29) is 17.2 Å². The Morgan fingerprint density at radius 1 is 1.12 bits per heavy atom. The molecule has 1 saturated heterocycles. The Kier molecular flexibility index (Phi) is 6.47. The van der Waals surface area contributed by atoms with E-state index in [2.05, 4.69) is 36.3 Å². The van der Waals surface area contributed by atoms with Crippen LogP contribution in [0.15, 0.2) is 48.5 Å². The van der Waals surface area contributed by atoms with Crippen molar-refractivity contribution in [3.63, 3.8) is 0 Å². The molecule has 1 fully saturated rings. The molecule has 0 bridgehead atoms. The monoisotopic (exact) mass is 464 g/mol. The number of methoxy groups -OCH3 is 1. The van der Waals surface area contributed by atoms with Gasteiger partial charge in [0.25, 0.3) is 5.91 Å². The number of hydrogen-bond acceptors (Lipinski definition) is 6. The van der Waals surface area contributed by atoms with E-state index >= 15 is 0 Å². The van der Waals surface area contributed by atoms with Crippen molar-refractivity contribution in [1.29, 1.82) is 0 Å². The molecular weight excluding hydrogens is 436 g/mol. The van der Waals surface area contributed by atoms with E-state index in [1.54, 1.807) is 12.0 Å². The van der Waals surface area contributed by atoms with Gasteiger partial charge in [-0.15, -0.1) is 10.2 Å². The van der Waals surface area contributed by atoms with Crippen molar-refractivity contribution < 1.29 is 14.3 Å². The van der Waals surface area contributed by atoms with Crippen LogP contribution < -0.4 is 10.1 Å². The Labute approximate surface area is 197 Å². The summed E-state index contributed by atoms with van der Waals surface area (Å²) < 4.78 is 5.26. The molecule has 1 N–H and O–H groups in total. The zero-order valence-electron chi connectivity index (χ0n) is 19.3. The van der Waals surface area contributed by atoms with Gasteiger partial charge in [0.2, 0.25) is 11.0 Å². The number of benzene rings is 2. The summed E-state index contributed by atoms with van der Waals surface area (Å²) in [5, 5.41) is 12.2. The van der Waals surface area contributed by atoms with Crippen molar-refractivity contribution >= 4 is 28.3 Å². The zero-order chi connectivity index (χ0) is 23.6. The third-order valence-corrected chi connectivity index (χ3v) is 6.67. The van der Waals surface area contributed by atoms with E-state index in [0.29, 0.717) is 28.7 Å². The Morgan fingerprint density at radius 2 is 1.88 bits per heavy atom. The number of rotatable bonds is 5. The second-order valence-electron chi connectivity index (χ2n) is 9.12. The molecule has 0 spiro atoms. The van der Waals surface area contributed by atoms with Crippen LogP contribution in [-0.2, 0) is 10.2 Å². The molecule has 172 valence electrons. The fourth-order valence-corrected chi connectivity index (χ4v) is 4.64. The Morgan fingerprint density at radius 3 is 2.58 bits per heavy atom. The third-order valence-electron chi connectivity index (χ3n) is 5.79. The van der Waals surface area contributed by atoms with Crippen molar-refractivity contribution in [2.75, 3.05) is 19.0 Å². The van der Waals surface area contributed by atoms with Crippen LogP contribution >= 0.6 is 11.3 Å². The first kappa shape index (κ1) is 22.9. The predicted molar refractivity (Wildman–Crippen MR) is 130 cm³/mol. The number of anilines is 1. The van der Waals surface area contributed by atoms with Crippen LogP contribution in [0.1, 0.15) is 49.5 Å². The van der Waals surface area contributed by atoms with E-state index in [4.69, 9.17) is 4.74 Å². The lowest BCUT2D eigenvalue weighted by atomic mass is 9.86. The van der Waals surface area contributed by atoms with Crippen LogP contribution in [0, 0.1) is 0 Å². The first-order valence-electron chi connectivity index (χ1n) is 11.0. The summed E-state index contributed by atoms with van der Waals surface area (Å²) in [5.41, 5.74) is 2.64. The number of likely N-dealkylation sites (tertiary alicyclic amines) is 1. The van der Waals surface area contributed by atoms with Gasteiger partial charge in [-0.25, -0.2) is 0 Å². The molecule has 4 rings (SSSR count). The first-order chi connectivity index (χ1) is 15.8. The van der Waals surface area contributed by atoms with Crippen LogP contribution in [0.25, 0.3) is 10.6 Å². The van der Waals surface area contributed by atoms with Crippen LogP contribution in [0.2, 0.25) is 0 Å². The molecule has 3 aromatic rings. The summed E-state index contributed by atoms with van der Waals surface area (Å²) in [6.45, 7) is 6.97. The Balaban J connectivity index is 1.45. The topological polar surface area (TPSA) is 84.4 Å². The van der Waals surface area contributed by atoms with Gasteiger partial charge in [-0.2, -0.15) is 0 Å². The van der Waals surface area contributed by atoms with Crippen molar-refractivity contribution in [3.05, 3.63) is 59.7 Å². The molecular formula is C25H28N4O3S. The van der Waals surface area contributed by atoms with Gasteiger partial charge in [0.15, 0.2) is 0 Å². The van der Waals surface area contributed by atoms with Gasteiger partial charge < -0.3 is 9.64 Å². The molecule has 33 heavy (non-hydrogen) atoms. The summed E-state index contributed by atoms with van der Waals surface area (Å²) in [5.74, 6) is 0.367. The third kappa shape index (κ3) is 5.06. The maximum absolute atomic E-state index is 13.1. The van der Waals surface area contributed by atoms with Crippen LogP contribution in [-0.4, -0.2) is 46.6 Å². The average molecular weight is 465 g/mol. The predicted octanol–water partition coefficient (Wildman–Crippen LogP) is 4.75. The molecule has 1 unspecified atom stereocenters. The molecule has 0 radical (unpaired) electrons. The van der Waals surface area contributed by atoms with Crippen molar-refractivity contribution in [1.82, 2.24) is 15.1 Å². The molecule has 2 heterocycles. The van der Waals surface area contributed by atoms with Gasteiger partial charge in [-0.1, -0.05) is 56.4 Å². The van der Waals surface area contributed by atoms with Gasteiger partial charge in [-0.3, -0.25) is 14.9 Å². The summed E-state index contributed by atoms with van der Waals surface area (Å²) in [6.07, 6.45) is 1.41. The molecule has 1 aliphatic heterocycles. The smallest absolute Gasteiger partial charge is 0.254 e. The summed E-state index contributed by atoms with van der Waals surface area (Å²) in [4.78, 5) is 27.8. The van der Waals surface area contributed by atoms with Gasteiger partial charge in [-0.05, 0) is 48.1 Å². The van der Waals surface area contributed by atoms with Gasteiger partial charge in [0, 0.05) is 17.7 Å². The summed E-state index contributed by atoms with van der Waals surface area (Å²) in [6, 6.07) is 14.7. The highest BCUT2D eigenvalue weighted by Gasteiger charge is 2.35. The van der Waals surface area contributed by atoms with Crippen LogP contribution in [0.3, 0.4) is 0 Å². The van der Waals surface area contributed by atoms with E-state index in [0.717, 1.165) is 23.3 Å². The molecule has 8 heteroatoms. The Hall–Kier alpha value is -3.26. The molecule has 0 aliphatic carbocycles. The van der Waals surface area contributed by atoms with Gasteiger partial charge in [0.1, 0.15) is 16.8 Å². The molecule has 2 amide bonds. The van der Waals surface area contributed by atoms with Gasteiger partial charge >= 0.3 is 0 Å². The SMILES string of the molecule is COc1cccc(-c2nnc(NC(=O)C3CCCN3C(=O)c3ccc(C(C)(C)C)cc3)s2)c1. The van der Waals surface area contributed by atoms with E-state index in [1.807, 2.05) is 48.5 Å². The molecule has 1 aromatic heterocycles. The van der Waals surface area contributed by atoms with Crippen molar-refractivity contribution in [3.8, 4) is 16.3 Å². The normalized spacial score (nSPS) is 16.0. The van der Waals surface area contributed by atoms with E-state index < -0.39 is 6.04 Å². The highest BCUT2D eigenvalue weighted by Crippen LogP contribution is 2.30. The number of carbonyl (C=O) groups is 2. The number of aromatic nitrogens is 2. The molecule has 0 saturated carbocycles. The quantitative estimate of drug-likeness (QED) is 0.589. The van der Waals surface area contributed by atoms with Crippen molar-refractivity contribution in [2.24, 2.45) is 0 Å². The number of ether oxygens (including phenoxy) is 1. The highest BCUT2D eigenvalue weighted by atomic mass is 32.1. The average Bonchev–Trinajstić information content (AvgIpc) is 3.48. The van der Waals surface area contributed by atoms with Crippen LogP contribution in [0.4, 0.5) is 5.13 Å². The number of amides is 2. The maximum Gasteiger partial charge on any atom is 0.254 e. The zero-order valence-corrected chi connectivity index (χ0v) is 20.1. The second-order valence-corrected chi connectivity index (χ2v) is 10.1. The first-order valence-corrected chi connectivity index (χ1v) is 11.8. The number of carbonyl (C=O) groups excluding carboxylic acids is 2. The van der Waals surface area contributed by atoms with E-state index in [1.165, 1.54) is 11.3 Å². The molecule has 2 aromatic carbocycles. The summed E-state index contributed by atoms with van der Waals surface area (Å²) in [7, 11) is 1.61. The number of hydrogen-bond donors (Lipinski definition) is 1. The lowest BCUT2D eigenvalue weighted by Gasteiger charge is -2.24. The minimum Gasteiger partial charge on any atom is -0.497 e. The fourth-order valence-electron chi connectivity index (χ4n) is 3.90. The minimum absolute atomic E-state index is 0.0170. The second kappa shape index (κ2) is 9.31. The minimum atomic E-state index is -0.524. The largest absolute Gasteiger partial charge is 0.497 e. The number of nitrogens with zero attached hydrogens (tertiary/aromatic N) is 3. The molecule has 1 atom stereocenters. The highest BCUT2D eigenvalue weighted by molar-refractivity contribution is 7.18. The van der Waals surface area contributed by atoms with Crippen LogP contribution in [0.5, 0.6) is 5.75 Å². The Bertz CT molecular complexity index is 1150. The number of nitrogens with one attached hydrogen (secondary N) is 1. The summed E-state index contributed by atoms with van der Waals surface area (Å²) >= 11 is 1.29. The lowest BCUT2D eigenvalue weighted by molar-refractivity contribution is -0.119. The lowest BCUT2D eigenvalue weighted by Crippen LogP contribution is -2.43. The standard InChI is InChI=1S/C25H28N4O3S/c1-25(2,3)18-12-10-16(11-13-18)23(31)29-14-6-9-20(29)21(30)26-24-28-27-22(33-24)17-7-5-8-19(15-17)32-4/h5,7-8,10-13,15,20H,6,9,14H2,1-4H3,(H,26,28,30). The molecule has 7 nitrogen and oxygen atoms in total. The molecule has 1 aliphatic rings. The fraction of sp³-hybridized carbons (Fsp3) is 0.360.